The molecule has 3 aliphatic heterocycles. The van der Waals surface area contributed by atoms with Gasteiger partial charge in [0.15, 0.2) is 0 Å². The van der Waals surface area contributed by atoms with Crippen molar-refractivity contribution in [3.8, 4) is 0 Å². The van der Waals surface area contributed by atoms with Crippen molar-refractivity contribution in [2.45, 2.75) is 31.2 Å². The van der Waals surface area contributed by atoms with E-state index in [1.54, 1.807) is 6.92 Å². The van der Waals surface area contributed by atoms with E-state index >= 15 is 0 Å². The van der Waals surface area contributed by atoms with E-state index < -0.39 is 18.0 Å². The Bertz CT molecular complexity index is 485. The van der Waals surface area contributed by atoms with Crippen LogP contribution in [0.3, 0.4) is 0 Å². The van der Waals surface area contributed by atoms with Gasteiger partial charge in [-0.2, -0.15) is 0 Å². The highest BCUT2D eigenvalue weighted by molar-refractivity contribution is 8.04. The van der Waals surface area contributed by atoms with Crippen LogP contribution in [0, 0.1) is 11.8 Å². The Balaban J connectivity index is 1.89. The highest BCUT2D eigenvalue weighted by Crippen LogP contribution is 2.53. The van der Waals surface area contributed by atoms with E-state index in [-0.39, 0.29) is 22.9 Å². The molecular weight excluding hydrogens is 280 g/mol. The highest BCUT2D eigenvalue weighted by Gasteiger charge is 2.58. The number of nitrogens with zero attached hydrogens (tertiary/aromatic N) is 1. The number of carbonyl (C=O) groups excluding carboxylic acids is 1. The average molecular weight is 298 g/mol. The van der Waals surface area contributed by atoms with Gasteiger partial charge in [0.1, 0.15) is 11.1 Å². The first-order chi connectivity index (χ1) is 9.52. The van der Waals surface area contributed by atoms with Crippen LogP contribution in [0.15, 0.2) is 10.6 Å². The van der Waals surface area contributed by atoms with E-state index in [4.69, 9.17) is 0 Å². The minimum atomic E-state index is -1.04. The Kier molecular flexibility index (Phi) is 3.51. The van der Waals surface area contributed by atoms with Crippen LogP contribution < -0.4 is 5.32 Å². The predicted octanol–water partition coefficient (Wildman–Crippen LogP) is 0.194. The van der Waals surface area contributed by atoms with E-state index in [9.17, 15) is 19.8 Å². The summed E-state index contributed by atoms with van der Waals surface area (Å²) in [5.74, 6) is -1.64. The Morgan fingerprint density at radius 3 is 2.85 bits per heavy atom. The molecular formula is C13H18N2O4S. The number of amides is 1. The van der Waals surface area contributed by atoms with E-state index in [0.717, 1.165) is 30.8 Å². The van der Waals surface area contributed by atoms with Gasteiger partial charge in [0.2, 0.25) is 5.91 Å². The zero-order valence-electron chi connectivity index (χ0n) is 11.2. The van der Waals surface area contributed by atoms with Crippen LogP contribution >= 0.6 is 11.8 Å². The highest BCUT2D eigenvalue weighted by atomic mass is 32.2. The molecule has 20 heavy (non-hydrogen) atoms. The van der Waals surface area contributed by atoms with Gasteiger partial charge in [-0.05, 0) is 26.3 Å². The van der Waals surface area contributed by atoms with Crippen molar-refractivity contribution >= 4 is 23.6 Å². The average Bonchev–Trinajstić information content (AvgIpc) is 2.74. The first kappa shape index (κ1) is 13.9. The van der Waals surface area contributed by atoms with Gasteiger partial charge in [-0.25, -0.2) is 4.79 Å². The SMILES string of the molecule is CC(O)C1C(=O)N2C(C(=O)O)=C(C3CCCNC3)S[C@@H]12. The second-order valence-electron chi connectivity index (χ2n) is 5.54. The third-order valence-corrected chi connectivity index (χ3v) is 5.72. The van der Waals surface area contributed by atoms with Crippen LogP contribution in [0.4, 0.5) is 0 Å². The van der Waals surface area contributed by atoms with Crippen LogP contribution in [0.5, 0.6) is 0 Å². The molecule has 6 nitrogen and oxygen atoms in total. The van der Waals surface area contributed by atoms with Crippen molar-refractivity contribution in [3.05, 3.63) is 10.6 Å². The van der Waals surface area contributed by atoms with Gasteiger partial charge in [-0.1, -0.05) is 0 Å². The van der Waals surface area contributed by atoms with Gasteiger partial charge < -0.3 is 15.5 Å². The second-order valence-corrected chi connectivity index (χ2v) is 6.70. The van der Waals surface area contributed by atoms with Crippen molar-refractivity contribution < 1.29 is 19.8 Å². The van der Waals surface area contributed by atoms with Gasteiger partial charge in [0.05, 0.1) is 12.0 Å². The fourth-order valence-electron chi connectivity index (χ4n) is 3.17. The summed E-state index contributed by atoms with van der Waals surface area (Å²) in [6.45, 7) is 3.30. The smallest absolute Gasteiger partial charge is 0.353 e. The lowest BCUT2D eigenvalue weighted by Gasteiger charge is -2.43. The molecule has 0 aromatic carbocycles. The molecule has 0 radical (unpaired) electrons. The number of rotatable bonds is 3. The zero-order chi connectivity index (χ0) is 14.4. The van der Waals surface area contributed by atoms with Crippen LogP contribution in [0.25, 0.3) is 0 Å². The van der Waals surface area contributed by atoms with Crippen molar-refractivity contribution in [3.63, 3.8) is 0 Å². The molecule has 3 aliphatic rings. The normalized spacial score (nSPS) is 34.8. The molecule has 3 heterocycles. The maximum Gasteiger partial charge on any atom is 0.353 e. The van der Waals surface area contributed by atoms with Gasteiger partial charge in [-0.3, -0.25) is 9.69 Å². The van der Waals surface area contributed by atoms with Crippen LogP contribution in [-0.2, 0) is 9.59 Å². The standard InChI is InChI=1S/C13H18N2O4S/c1-6(16)8-11(17)15-9(13(18)19)10(20-12(8)15)7-3-2-4-14-5-7/h6-8,12,14,16H,2-5H2,1H3,(H,18,19)/t6?,7?,8?,12-/m0/s1. The molecule has 0 aromatic rings. The third-order valence-electron chi connectivity index (χ3n) is 4.20. The lowest BCUT2D eigenvalue weighted by molar-refractivity contribution is -0.156. The van der Waals surface area contributed by atoms with Crippen LogP contribution in [0.1, 0.15) is 19.8 Å². The summed E-state index contributed by atoms with van der Waals surface area (Å²) in [5.41, 5.74) is 0.135. The number of aliphatic hydroxyl groups excluding tert-OH is 1. The minimum absolute atomic E-state index is 0.135. The fourth-order valence-corrected chi connectivity index (χ4v) is 4.93. The number of aliphatic hydroxyl groups is 1. The van der Waals surface area contributed by atoms with Crippen LogP contribution in [-0.4, -0.2) is 51.6 Å². The second kappa shape index (κ2) is 5.05. The summed E-state index contributed by atoms with van der Waals surface area (Å²) in [6.07, 6.45) is 1.22. The zero-order valence-corrected chi connectivity index (χ0v) is 12.0. The minimum Gasteiger partial charge on any atom is -0.477 e. The Morgan fingerprint density at radius 1 is 1.55 bits per heavy atom. The first-order valence-corrected chi connectivity index (χ1v) is 7.76. The van der Waals surface area contributed by atoms with E-state index in [1.165, 1.54) is 16.7 Å². The molecule has 7 heteroatoms. The number of aliphatic carboxylic acids is 1. The molecule has 0 spiro atoms. The number of thioether (sulfide) groups is 1. The number of fused-ring (bicyclic) bond motifs is 1. The lowest BCUT2D eigenvalue weighted by atomic mass is 9.91. The summed E-state index contributed by atoms with van der Waals surface area (Å²) in [5, 5.41) is 22.1. The van der Waals surface area contributed by atoms with Crippen molar-refractivity contribution in [2.75, 3.05) is 13.1 Å². The van der Waals surface area contributed by atoms with Gasteiger partial charge >= 0.3 is 5.97 Å². The van der Waals surface area contributed by atoms with Crippen LogP contribution in [0.2, 0.25) is 0 Å². The Labute approximate surface area is 121 Å². The van der Waals surface area contributed by atoms with Crippen molar-refractivity contribution in [1.29, 1.82) is 0 Å². The summed E-state index contributed by atoms with van der Waals surface area (Å²) in [6, 6.07) is 0. The molecule has 110 valence electrons. The molecule has 4 atom stereocenters. The molecule has 1 amide bonds. The monoisotopic (exact) mass is 298 g/mol. The number of carboxylic acids is 1. The maximum absolute atomic E-state index is 12.1. The number of hydrogen-bond donors (Lipinski definition) is 3. The number of hydrogen-bond acceptors (Lipinski definition) is 5. The van der Waals surface area contributed by atoms with Gasteiger partial charge in [0.25, 0.3) is 0 Å². The summed E-state index contributed by atoms with van der Waals surface area (Å²) >= 11 is 1.45. The molecule has 0 aromatic heterocycles. The molecule has 3 N–H and O–H groups in total. The van der Waals surface area contributed by atoms with Gasteiger partial charge in [-0.15, -0.1) is 11.8 Å². The Morgan fingerprint density at radius 2 is 2.30 bits per heavy atom. The molecule has 3 unspecified atom stereocenters. The summed E-state index contributed by atoms with van der Waals surface area (Å²) in [4.78, 5) is 25.7. The van der Waals surface area contributed by atoms with E-state index in [1.807, 2.05) is 0 Å². The molecule has 2 saturated heterocycles. The fraction of sp³-hybridized carbons (Fsp3) is 0.692. The molecule has 0 bridgehead atoms. The topological polar surface area (TPSA) is 89.9 Å². The Hall–Kier alpha value is -1.05. The van der Waals surface area contributed by atoms with E-state index in [2.05, 4.69) is 5.32 Å². The first-order valence-electron chi connectivity index (χ1n) is 6.88. The van der Waals surface area contributed by atoms with Crippen molar-refractivity contribution in [1.82, 2.24) is 10.2 Å². The largest absolute Gasteiger partial charge is 0.477 e. The maximum atomic E-state index is 12.1. The molecule has 2 fully saturated rings. The predicted molar refractivity (Wildman–Crippen MR) is 73.7 cm³/mol. The third kappa shape index (κ3) is 1.96. The number of piperidine rings is 1. The number of nitrogens with one attached hydrogen (secondary N) is 1. The van der Waals surface area contributed by atoms with E-state index in [0.29, 0.717) is 0 Å². The summed E-state index contributed by atoms with van der Waals surface area (Å²) < 4.78 is 0. The van der Waals surface area contributed by atoms with Gasteiger partial charge in [0, 0.05) is 17.4 Å². The summed E-state index contributed by atoms with van der Waals surface area (Å²) in [7, 11) is 0. The molecule has 0 aliphatic carbocycles. The number of carboxylic acid groups (broad SMARTS) is 1. The molecule has 3 rings (SSSR count). The quantitative estimate of drug-likeness (QED) is 0.645. The number of carbonyl (C=O) groups is 2. The van der Waals surface area contributed by atoms with Crippen molar-refractivity contribution in [2.24, 2.45) is 11.8 Å². The number of β-lactam (4-membered cyclic amide) rings is 1. The lowest BCUT2D eigenvalue weighted by Crippen LogP contribution is -2.60. The molecule has 0 saturated carbocycles.